The summed E-state index contributed by atoms with van der Waals surface area (Å²) < 4.78 is 6.17. The van der Waals surface area contributed by atoms with Crippen LogP contribution in [0, 0.1) is 11.3 Å². The number of halogens is 1. The predicted molar refractivity (Wildman–Crippen MR) is 80.6 cm³/mol. The van der Waals surface area contributed by atoms with E-state index in [9.17, 15) is 5.26 Å². The molecule has 0 bridgehead atoms. The molecule has 0 aliphatic carbocycles. The molecule has 0 aromatic heterocycles. The van der Waals surface area contributed by atoms with E-state index in [1.165, 1.54) is 0 Å². The lowest BCUT2D eigenvalue weighted by Gasteiger charge is -2.02. The number of nitriles is 1. The Morgan fingerprint density at radius 3 is 2.58 bits per heavy atom. The van der Waals surface area contributed by atoms with E-state index in [-0.39, 0.29) is 0 Å². The summed E-state index contributed by atoms with van der Waals surface area (Å²) in [5.41, 5.74) is 2.47. The smallest absolute Gasteiger partial charge is 0.119 e. The lowest BCUT2D eigenvalue weighted by Crippen LogP contribution is -1.84. The summed E-state index contributed by atoms with van der Waals surface area (Å²) in [4.78, 5) is 0. The fraction of sp³-hybridized carbons (Fsp3) is 0.0625. The molecule has 2 nitrogen and oxygen atoms in total. The Labute approximate surface area is 121 Å². The Hall–Kier alpha value is -2.05. The maximum absolute atomic E-state index is 9.28. The lowest BCUT2D eigenvalue weighted by atomic mass is 10.0. The van der Waals surface area contributed by atoms with Crippen molar-refractivity contribution in [3.63, 3.8) is 0 Å². The minimum Gasteiger partial charge on any atom is -0.497 e. The second-order valence-electron chi connectivity index (χ2n) is 3.95. The normalized spacial score (nSPS) is 10.9. The van der Waals surface area contributed by atoms with Crippen LogP contribution in [0.4, 0.5) is 0 Å². The number of nitrogens with zero attached hydrogens (tertiary/aromatic N) is 1. The van der Waals surface area contributed by atoms with E-state index in [1.807, 2.05) is 54.6 Å². The van der Waals surface area contributed by atoms with Crippen molar-refractivity contribution in [1.29, 1.82) is 5.26 Å². The molecule has 94 valence electrons. The molecule has 0 aliphatic rings. The molecule has 0 unspecified atom stereocenters. The van der Waals surface area contributed by atoms with E-state index >= 15 is 0 Å². The van der Waals surface area contributed by atoms with Crippen molar-refractivity contribution in [2.75, 3.05) is 7.11 Å². The molecule has 0 aliphatic heterocycles. The highest BCUT2D eigenvalue weighted by Crippen LogP contribution is 2.21. The van der Waals surface area contributed by atoms with Crippen LogP contribution in [0.1, 0.15) is 11.1 Å². The van der Waals surface area contributed by atoms with E-state index in [4.69, 9.17) is 4.74 Å². The first-order valence-corrected chi connectivity index (χ1v) is 6.54. The summed E-state index contributed by atoms with van der Waals surface area (Å²) in [5, 5.41) is 9.28. The molecule has 2 rings (SSSR count). The van der Waals surface area contributed by atoms with Gasteiger partial charge in [-0.1, -0.05) is 40.2 Å². The lowest BCUT2D eigenvalue weighted by molar-refractivity contribution is 0.414. The summed E-state index contributed by atoms with van der Waals surface area (Å²) in [6.07, 6.45) is 1.85. The summed E-state index contributed by atoms with van der Waals surface area (Å²) in [5.74, 6) is 0.779. The number of methoxy groups -OCH3 is 1. The van der Waals surface area contributed by atoms with Crippen molar-refractivity contribution in [2.45, 2.75) is 0 Å². The monoisotopic (exact) mass is 313 g/mol. The Morgan fingerprint density at radius 1 is 1.21 bits per heavy atom. The maximum Gasteiger partial charge on any atom is 0.119 e. The number of ether oxygens (including phenoxy) is 1. The summed E-state index contributed by atoms with van der Waals surface area (Å²) in [6.45, 7) is 0. The Morgan fingerprint density at radius 2 is 1.95 bits per heavy atom. The molecule has 0 fully saturated rings. The minimum atomic E-state index is 0.626. The number of hydrogen-bond acceptors (Lipinski definition) is 2. The van der Waals surface area contributed by atoms with Crippen LogP contribution in [0.2, 0.25) is 0 Å². The number of hydrogen-bond donors (Lipinski definition) is 0. The summed E-state index contributed by atoms with van der Waals surface area (Å²) in [7, 11) is 1.63. The van der Waals surface area contributed by atoms with Gasteiger partial charge in [-0.2, -0.15) is 5.26 Å². The van der Waals surface area contributed by atoms with Gasteiger partial charge in [-0.05, 0) is 41.5 Å². The first kappa shape index (κ1) is 13.4. The summed E-state index contributed by atoms with van der Waals surface area (Å²) in [6, 6.07) is 17.5. The Kier molecular flexibility index (Phi) is 4.38. The first-order chi connectivity index (χ1) is 9.22. The van der Waals surface area contributed by atoms with Gasteiger partial charge in [0.1, 0.15) is 5.75 Å². The van der Waals surface area contributed by atoms with Crippen LogP contribution in [-0.2, 0) is 0 Å². The van der Waals surface area contributed by atoms with Gasteiger partial charge in [0.25, 0.3) is 0 Å². The van der Waals surface area contributed by atoms with Crippen LogP contribution in [0.3, 0.4) is 0 Å². The van der Waals surface area contributed by atoms with E-state index < -0.39 is 0 Å². The van der Waals surface area contributed by atoms with Crippen molar-refractivity contribution >= 4 is 27.6 Å². The highest BCUT2D eigenvalue weighted by molar-refractivity contribution is 9.10. The van der Waals surface area contributed by atoms with Crippen LogP contribution in [0.5, 0.6) is 5.75 Å². The maximum atomic E-state index is 9.28. The summed E-state index contributed by atoms with van der Waals surface area (Å²) >= 11 is 3.38. The van der Waals surface area contributed by atoms with Gasteiger partial charge in [0.2, 0.25) is 0 Å². The molecule has 19 heavy (non-hydrogen) atoms. The second kappa shape index (κ2) is 6.21. The zero-order chi connectivity index (χ0) is 13.7. The van der Waals surface area contributed by atoms with Gasteiger partial charge in [0.15, 0.2) is 0 Å². The number of rotatable bonds is 3. The van der Waals surface area contributed by atoms with Crippen LogP contribution < -0.4 is 4.74 Å². The van der Waals surface area contributed by atoms with E-state index in [2.05, 4.69) is 22.0 Å². The Bertz CT molecular complexity index is 639. The highest BCUT2D eigenvalue weighted by atomic mass is 79.9. The zero-order valence-electron chi connectivity index (χ0n) is 10.4. The zero-order valence-corrected chi connectivity index (χ0v) is 12.0. The van der Waals surface area contributed by atoms with Crippen molar-refractivity contribution in [3.8, 4) is 11.8 Å². The molecule has 3 heteroatoms. The standard InChI is InChI=1S/C16H12BrNO/c1-19-16-4-2-3-12(10-16)9-14(11-18)13-5-7-15(17)8-6-13/h2-10H,1H3/b14-9+. The van der Waals surface area contributed by atoms with Gasteiger partial charge < -0.3 is 4.74 Å². The van der Waals surface area contributed by atoms with Crippen molar-refractivity contribution < 1.29 is 4.74 Å². The molecule has 0 N–H and O–H groups in total. The fourth-order valence-corrected chi connectivity index (χ4v) is 1.97. The van der Waals surface area contributed by atoms with Crippen molar-refractivity contribution in [2.24, 2.45) is 0 Å². The van der Waals surface area contributed by atoms with Gasteiger partial charge >= 0.3 is 0 Å². The molecule has 0 heterocycles. The van der Waals surface area contributed by atoms with E-state index in [1.54, 1.807) is 7.11 Å². The highest BCUT2D eigenvalue weighted by Gasteiger charge is 2.01. The van der Waals surface area contributed by atoms with Crippen molar-refractivity contribution in [3.05, 3.63) is 64.1 Å². The van der Waals surface area contributed by atoms with Gasteiger partial charge in [-0.25, -0.2) is 0 Å². The molecule has 0 spiro atoms. The van der Waals surface area contributed by atoms with Crippen LogP contribution >= 0.6 is 15.9 Å². The van der Waals surface area contributed by atoms with E-state index in [0.29, 0.717) is 5.57 Å². The third-order valence-electron chi connectivity index (χ3n) is 2.68. The quantitative estimate of drug-likeness (QED) is 0.616. The molecule has 0 radical (unpaired) electrons. The van der Waals surface area contributed by atoms with Crippen LogP contribution in [0.15, 0.2) is 53.0 Å². The topological polar surface area (TPSA) is 33.0 Å². The number of allylic oxidation sites excluding steroid dienone is 1. The van der Waals surface area contributed by atoms with Crippen molar-refractivity contribution in [1.82, 2.24) is 0 Å². The molecule has 0 saturated carbocycles. The third kappa shape index (κ3) is 3.46. The molecule has 0 saturated heterocycles. The first-order valence-electron chi connectivity index (χ1n) is 5.75. The molecule has 0 amide bonds. The van der Waals surface area contributed by atoms with Gasteiger partial charge in [-0.3, -0.25) is 0 Å². The molecular formula is C16H12BrNO. The van der Waals surface area contributed by atoms with Gasteiger partial charge in [0, 0.05) is 4.47 Å². The fourth-order valence-electron chi connectivity index (χ4n) is 1.71. The third-order valence-corrected chi connectivity index (χ3v) is 3.21. The van der Waals surface area contributed by atoms with Gasteiger partial charge in [-0.15, -0.1) is 0 Å². The van der Waals surface area contributed by atoms with Gasteiger partial charge in [0.05, 0.1) is 18.8 Å². The largest absolute Gasteiger partial charge is 0.497 e. The molecule has 0 atom stereocenters. The Balaban J connectivity index is 2.38. The number of benzene rings is 2. The average molecular weight is 314 g/mol. The average Bonchev–Trinajstić information content (AvgIpc) is 2.46. The van der Waals surface area contributed by atoms with E-state index in [0.717, 1.165) is 21.3 Å². The SMILES string of the molecule is COc1cccc(/C=C(\C#N)c2ccc(Br)cc2)c1. The molecule has 2 aromatic carbocycles. The molecular weight excluding hydrogens is 302 g/mol. The predicted octanol–water partition coefficient (Wildman–Crippen LogP) is 4.52. The minimum absolute atomic E-state index is 0.626. The second-order valence-corrected chi connectivity index (χ2v) is 4.87. The van der Waals surface area contributed by atoms with Crippen LogP contribution in [0.25, 0.3) is 11.6 Å². The van der Waals surface area contributed by atoms with Crippen LogP contribution in [-0.4, -0.2) is 7.11 Å². The molecule has 2 aromatic rings.